The van der Waals surface area contributed by atoms with Crippen LogP contribution in [0.5, 0.6) is 0 Å². The first-order valence-corrected chi connectivity index (χ1v) is 22.6. The molecular formula is C45H85NO8. The summed E-state index contributed by atoms with van der Waals surface area (Å²) in [5.41, 5.74) is 0. The summed E-state index contributed by atoms with van der Waals surface area (Å²) >= 11 is 0. The molecule has 0 radical (unpaired) electrons. The summed E-state index contributed by atoms with van der Waals surface area (Å²) in [6.45, 7) is 3.21. The molecular weight excluding hydrogens is 682 g/mol. The molecule has 1 heterocycles. The quantitative estimate of drug-likeness (QED) is 0.0271. The number of aliphatic hydroxyl groups excluding tert-OH is 5. The summed E-state index contributed by atoms with van der Waals surface area (Å²) < 4.78 is 10.9. The molecule has 1 aliphatic heterocycles. The highest BCUT2D eigenvalue weighted by Gasteiger charge is 2.44. The summed E-state index contributed by atoms with van der Waals surface area (Å²) in [4.78, 5) is 12.1. The van der Waals surface area contributed by atoms with E-state index in [2.05, 4.69) is 24.4 Å². The van der Waals surface area contributed by atoms with Gasteiger partial charge in [0.15, 0.2) is 6.29 Å². The van der Waals surface area contributed by atoms with E-state index in [0.29, 0.717) is 0 Å². The van der Waals surface area contributed by atoms with E-state index in [9.17, 15) is 30.3 Å². The van der Waals surface area contributed by atoms with Gasteiger partial charge < -0.3 is 40.3 Å². The minimum Gasteiger partial charge on any atom is -0.394 e. The first-order valence-electron chi connectivity index (χ1n) is 22.6. The highest BCUT2D eigenvalue weighted by Crippen LogP contribution is 2.22. The van der Waals surface area contributed by atoms with E-state index >= 15 is 0 Å². The number of hydrogen-bond acceptors (Lipinski definition) is 8. The van der Waals surface area contributed by atoms with Gasteiger partial charge >= 0.3 is 0 Å². The number of ether oxygens (including phenoxy) is 2. The molecule has 7 atom stereocenters. The summed E-state index contributed by atoms with van der Waals surface area (Å²) in [7, 11) is 0. The van der Waals surface area contributed by atoms with Crippen molar-refractivity contribution in [2.45, 2.75) is 243 Å². The smallest absolute Gasteiger partial charge is 0.220 e. The number of nitrogens with one attached hydrogen (secondary N) is 1. The number of carbonyl (C=O) groups is 1. The summed E-state index contributed by atoms with van der Waals surface area (Å²) in [5, 5.41) is 53.0. The van der Waals surface area contributed by atoms with Crippen LogP contribution in [0.3, 0.4) is 0 Å². The number of allylic oxidation sites excluding steroid dienone is 3. The molecule has 1 rings (SSSR count). The van der Waals surface area contributed by atoms with Gasteiger partial charge in [-0.3, -0.25) is 4.79 Å². The Morgan fingerprint density at radius 2 is 1.04 bits per heavy atom. The molecule has 1 fully saturated rings. The molecule has 318 valence electrons. The second-order valence-electron chi connectivity index (χ2n) is 15.8. The first kappa shape index (κ1) is 50.7. The Bertz CT molecular complexity index is 899. The SMILES string of the molecule is CCCCCCCCCCCCCCCCCCCCCCCCCCC/C=C/CC/C=C/C(O)C(COC1OC(CO)C(O)C(O)C1O)NC(=O)CC. The second-order valence-corrected chi connectivity index (χ2v) is 15.8. The Labute approximate surface area is 330 Å². The van der Waals surface area contributed by atoms with Crippen LogP contribution in [0, 0.1) is 0 Å². The van der Waals surface area contributed by atoms with Crippen LogP contribution < -0.4 is 5.32 Å². The van der Waals surface area contributed by atoms with Crippen molar-refractivity contribution in [3.8, 4) is 0 Å². The molecule has 1 saturated heterocycles. The third-order valence-corrected chi connectivity index (χ3v) is 10.8. The number of amides is 1. The van der Waals surface area contributed by atoms with Gasteiger partial charge in [0.1, 0.15) is 24.4 Å². The zero-order valence-electron chi connectivity index (χ0n) is 34.7. The van der Waals surface area contributed by atoms with Crippen molar-refractivity contribution in [3.63, 3.8) is 0 Å². The third-order valence-electron chi connectivity index (χ3n) is 10.8. The summed E-state index contributed by atoms with van der Waals surface area (Å²) in [6, 6.07) is -0.815. The van der Waals surface area contributed by atoms with E-state index in [1.54, 1.807) is 13.0 Å². The minimum atomic E-state index is -1.56. The van der Waals surface area contributed by atoms with Crippen molar-refractivity contribution in [1.82, 2.24) is 5.32 Å². The fourth-order valence-electron chi connectivity index (χ4n) is 7.14. The standard InChI is InChI=1S/C45H85NO8/c1-3-5-6-7-8-9-10-11-12-13-14-15-16-17-18-19-20-21-22-23-24-25-26-27-28-29-30-31-32-33-34-35-39(48)38(46-41(49)4-2)37-53-45-44(52)43(51)42(50)40(36-47)54-45/h30-31,34-35,38-40,42-45,47-48,50-52H,3-29,32-33,36-37H2,1-2H3,(H,46,49)/b31-30+,35-34+. The van der Waals surface area contributed by atoms with Gasteiger partial charge in [-0.05, 0) is 25.7 Å². The van der Waals surface area contributed by atoms with Crippen molar-refractivity contribution in [2.24, 2.45) is 0 Å². The molecule has 0 bridgehead atoms. The van der Waals surface area contributed by atoms with E-state index in [4.69, 9.17) is 9.47 Å². The fourth-order valence-corrected chi connectivity index (χ4v) is 7.14. The van der Waals surface area contributed by atoms with Crippen LogP contribution in [0.25, 0.3) is 0 Å². The highest BCUT2D eigenvalue weighted by molar-refractivity contribution is 5.75. The van der Waals surface area contributed by atoms with Gasteiger partial charge in [-0.1, -0.05) is 192 Å². The molecule has 1 amide bonds. The Kier molecular flexibility index (Phi) is 33.8. The van der Waals surface area contributed by atoms with E-state index in [1.807, 2.05) is 6.08 Å². The van der Waals surface area contributed by atoms with Crippen LogP contribution in [0.2, 0.25) is 0 Å². The fraction of sp³-hybridized carbons (Fsp3) is 0.889. The molecule has 6 N–H and O–H groups in total. The zero-order valence-corrected chi connectivity index (χ0v) is 34.7. The zero-order chi connectivity index (χ0) is 39.5. The van der Waals surface area contributed by atoms with E-state index in [-0.39, 0.29) is 18.9 Å². The van der Waals surface area contributed by atoms with Crippen LogP contribution in [0.1, 0.15) is 200 Å². The van der Waals surface area contributed by atoms with Crippen molar-refractivity contribution >= 4 is 5.91 Å². The molecule has 1 aliphatic rings. The molecule has 0 saturated carbocycles. The van der Waals surface area contributed by atoms with Crippen LogP contribution in [0.4, 0.5) is 0 Å². The van der Waals surface area contributed by atoms with Gasteiger partial charge in [0.05, 0.1) is 25.4 Å². The van der Waals surface area contributed by atoms with Crippen LogP contribution in [0.15, 0.2) is 24.3 Å². The summed E-state index contributed by atoms with van der Waals surface area (Å²) in [5.74, 6) is -0.274. The van der Waals surface area contributed by atoms with Crippen LogP contribution in [-0.4, -0.2) is 87.5 Å². The average Bonchev–Trinajstić information content (AvgIpc) is 3.18. The lowest BCUT2D eigenvalue weighted by Crippen LogP contribution is -2.60. The van der Waals surface area contributed by atoms with Gasteiger partial charge in [-0.15, -0.1) is 0 Å². The second kappa shape index (κ2) is 36.0. The van der Waals surface area contributed by atoms with E-state index < -0.39 is 49.5 Å². The molecule has 0 aromatic heterocycles. The molecule has 9 heteroatoms. The molecule has 0 spiro atoms. The Hall–Kier alpha value is -1.33. The summed E-state index contributed by atoms with van der Waals surface area (Å²) in [6.07, 6.45) is 37.9. The average molecular weight is 768 g/mol. The number of aliphatic hydroxyl groups is 5. The lowest BCUT2D eigenvalue weighted by atomic mass is 9.99. The lowest BCUT2D eigenvalue weighted by Gasteiger charge is -2.40. The maximum Gasteiger partial charge on any atom is 0.220 e. The molecule has 0 aromatic rings. The van der Waals surface area contributed by atoms with Crippen molar-refractivity contribution in [3.05, 3.63) is 24.3 Å². The molecule has 0 aromatic carbocycles. The van der Waals surface area contributed by atoms with Crippen molar-refractivity contribution in [1.29, 1.82) is 0 Å². The number of rotatable bonds is 37. The highest BCUT2D eigenvalue weighted by atomic mass is 16.7. The van der Waals surface area contributed by atoms with E-state index in [1.165, 1.54) is 161 Å². The van der Waals surface area contributed by atoms with Crippen LogP contribution in [-0.2, 0) is 14.3 Å². The Morgan fingerprint density at radius 1 is 0.611 bits per heavy atom. The molecule has 7 unspecified atom stereocenters. The van der Waals surface area contributed by atoms with Crippen LogP contribution >= 0.6 is 0 Å². The molecule has 9 nitrogen and oxygen atoms in total. The van der Waals surface area contributed by atoms with Gasteiger partial charge in [-0.25, -0.2) is 0 Å². The number of unbranched alkanes of at least 4 members (excludes halogenated alkanes) is 26. The number of hydrogen-bond donors (Lipinski definition) is 6. The van der Waals surface area contributed by atoms with Gasteiger partial charge in [0.2, 0.25) is 5.91 Å². The topological polar surface area (TPSA) is 149 Å². The van der Waals surface area contributed by atoms with Gasteiger partial charge in [0.25, 0.3) is 0 Å². The normalized spacial score (nSPS) is 21.6. The first-order chi connectivity index (χ1) is 26.3. The molecule has 54 heavy (non-hydrogen) atoms. The van der Waals surface area contributed by atoms with Crippen molar-refractivity contribution in [2.75, 3.05) is 13.2 Å². The molecule has 0 aliphatic carbocycles. The maximum absolute atomic E-state index is 12.1. The predicted molar refractivity (Wildman–Crippen MR) is 221 cm³/mol. The minimum absolute atomic E-state index is 0.209. The van der Waals surface area contributed by atoms with Gasteiger partial charge in [0, 0.05) is 6.42 Å². The lowest BCUT2D eigenvalue weighted by molar-refractivity contribution is -0.302. The Balaban J connectivity index is 1.97. The van der Waals surface area contributed by atoms with E-state index in [0.717, 1.165) is 19.3 Å². The Morgan fingerprint density at radius 3 is 1.48 bits per heavy atom. The third kappa shape index (κ3) is 26.5. The largest absolute Gasteiger partial charge is 0.394 e. The maximum atomic E-state index is 12.1. The number of carbonyl (C=O) groups excluding carboxylic acids is 1. The van der Waals surface area contributed by atoms with Crippen molar-refractivity contribution < 1.29 is 39.8 Å². The van der Waals surface area contributed by atoms with Gasteiger partial charge in [-0.2, -0.15) is 0 Å². The monoisotopic (exact) mass is 768 g/mol. The predicted octanol–water partition coefficient (Wildman–Crippen LogP) is 9.11.